The average Bonchev–Trinajstić information content (AvgIpc) is 3.10. The molecule has 0 spiro atoms. The molecule has 2 aliphatic rings. The van der Waals surface area contributed by atoms with Crippen LogP contribution in [0, 0.1) is 11.3 Å². The highest BCUT2D eigenvalue weighted by atomic mass is 16.4. The molecule has 2 heterocycles. The molecular weight excluding hydrogens is 372 g/mol. The van der Waals surface area contributed by atoms with E-state index in [2.05, 4.69) is 30.8 Å². The van der Waals surface area contributed by atoms with Crippen molar-refractivity contribution in [1.29, 1.82) is 5.26 Å². The third kappa shape index (κ3) is 3.68. The van der Waals surface area contributed by atoms with Crippen LogP contribution in [0.3, 0.4) is 0 Å². The molecule has 0 bridgehead atoms. The van der Waals surface area contributed by atoms with Crippen molar-refractivity contribution in [1.82, 2.24) is 25.1 Å². The highest BCUT2D eigenvalue weighted by Crippen LogP contribution is 2.47. The Hall–Kier alpha value is -3.35. The van der Waals surface area contributed by atoms with Gasteiger partial charge < -0.3 is 15.7 Å². The molecule has 10 heteroatoms. The fourth-order valence-corrected chi connectivity index (χ4v) is 4.17. The van der Waals surface area contributed by atoms with Crippen LogP contribution < -0.4 is 10.6 Å². The first-order valence-electron chi connectivity index (χ1n) is 9.73. The molecule has 0 saturated heterocycles. The quantitative estimate of drug-likeness (QED) is 0.583. The molecule has 2 saturated carbocycles. The van der Waals surface area contributed by atoms with Crippen molar-refractivity contribution in [2.24, 2.45) is 0 Å². The van der Waals surface area contributed by atoms with E-state index in [1.54, 1.807) is 11.9 Å². The van der Waals surface area contributed by atoms with E-state index in [1.165, 1.54) is 6.20 Å². The topological polar surface area (TPSA) is 143 Å². The molecule has 0 aromatic carbocycles. The number of aromatic nitrogens is 4. The van der Waals surface area contributed by atoms with Gasteiger partial charge in [0.05, 0.1) is 6.20 Å². The number of amides is 1. The van der Waals surface area contributed by atoms with Crippen LogP contribution in [0.2, 0.25) is 0 Å². The van der Waals surface area contributed by atoms with E-state index in [-0.39, 0.29) is 23.2 Å². The number of aromatic amines is 1. The summed E-state index contributed by atoms with van der Waals surface area (Å²) in [5, 5.41) is 32.0. The summed E-state index contributed by atoms with van der Waals surface area (Å²) >= 11 is 0. The number of nitriles is 1. The summed E-state index contributed by atoms with van der Waals surface area (Å²) in [6.07, 6.45) is 5.14. The van der Waals surface area contributed by atoms with Gasteiger partial charge in [-0.05, 0) is 39.0 Å². The number of carbonyl (C=O) groups is 1. The molecule has 4 N–H and O–H groups in total. The van der Waals surface area contributed by atoms with Crippen LogP contribution in [0.25, 0.3) is 0 Å². The maximum atomic E-state index is 11.8. The number of nitrogens with one attached hydrogen (secondary N) is 3. The molecule has 1 amide bonds. The number of hydrogen-bond donors (Lipinski definition) is 4. The van der Waals surface area contributed by atoms with Gasteiger partial charge in [-0.3, -0.25) is 10.00 Å². The van der Waals surface area contributed by atoms with Gasteiger partial charge in [-0.15, -0.1) is 0 Å². The number of hydrogen-bond acceptors (Lipinski definition) is 7. The maximum absolute atomic E-state index is 11.8. The van der Waals surface area contributed by atoms with Gasteiger partial charge in [0.25, 0.3) is 0 Å². The molecule has 2 aromatic heterocycles. The largest absolute Gasteiger partial charge is 0.465 e. The fourth-order valence-electron chi connectivity index (χ4n) is 4.17. The summed E-state index contributed by atoms with van der Waals surface area (Å²) in [6.45, 7) is 2.03. The van der Waals surface area contributed by atoms with Crippen LogP contribution in [0.15, 0.2) is 12.3 Å². The second-order valence-corrected chi connectivity index (χ2v) is 7.96. The molecule has 2 aromatic rings. The van der Waals surface area contributed by atoms with Gasteiger partial charge in [-0.25, -0.2) is 14.8 Å². The lowest BCUT2D eigenvalue weighted by molar-refractivity contribution is 0.0955. The molecule has 0 radical (unpaired) electrons. The van der Waals surface area contributed by atoms with E-state index >= 15 is 0 Å². The average molecular weight is 396 g/mol. The molecule has 2 aliphatic carbocycles. The summed E-state index contributed by atoms with van der Waals surface area (Å²) in [4.78, 5) is 21.8. The van der Waals surface area contributed by atoms with E-state index in [9.17, 15) is 9.90 Å². The van der Waals surface area contributed by atoms with E-state index in [0.29, 0.717) is 17.5 Å². The van der Waals surface area contributed by atoms with Crippen molar-refractivity contribution in [2.45, 2.75) is 56.5 Å². The van der Waals surface area contributed by atoms with Gasteiger partial charge in [0.2, 0.25) is 0 Å². The van der Waals surface area contributed by atoms with Crippen LogP contribution in [0.5, 0.6) is 0 Å². The molecule has 2 fully saturated rings. The summed E-state index contributed by atoms with van der Waals surface area (Å²) < 4.78 is 0. The van der Waals surface area contributed by atoms with Crippen LogP contribution in [0.4, 0.5) is 22.2 Å². The van der Waals surface area contributed by atoms with E-state index in [0.717, 1.165) is 37.8 Å². The van der Waals surface area contributed by atoms with Crippen LogP contribution in [0.1, 0.15) is 56.3 Å². The van der Waals surface area contributed by atoms with Gasteiger partial charge in [0, 0.05) is 36.3 Å². The molecular formula is C19H24N8O2. The molecule has 0 aliphatic heterocycles. The molecule has 10 nitrogen and oxygen atoms in total. The first-order chi connectivity index (χ1) is 13.9. The SMILES string of the molecule is CNc1nc(Nc2cc([C@H]3CC[C@@H](N(C(=O)O)C4(C)CC4)C3)[nH]n2)cnc1C#N. The molecule has 2 atom stereocenters. The Morgan fingerprint density at radius 3 is 2.86 bits per heavy atom. The second-order valence-electron chi connectivity index (χ2n) is 7.96. The minimum Gasteiger partial charge on any atom is -0.465 e. The number of anilines is 3. The molecule has 152 valence electrons. The van der Waals surface area contributed by atoms with Crippen molar-refractivity contribution in [3.63, 3.8) is 0 Å². The Morgan fingerprint density at radius 1 is 1.41 bits per heavy atom. The lowest BCUT2D eigenvalue weighted by atomic mass is 10.0. The highest BCUT2D eigenvalue weighted by Gasteiger charge is 2.50. The highest BCUT2D eigenvalue weighted by molar-refractivity contribution is 5.67. The zero-order valence-corrected chi connectivity index (χ0v) is 16.4. The van der Waals surface area contributed by atoms with Crippen molar-refractivity contribution in [2.75, 3.05) is 17.7 Å². The van der Waals surface area contributed by atoms with Gasteiger partial charge in [0.15, 0.2) is 23.1 Å². The molecule has 29 heavy (non-hydrogen) atoms. The predicted octanol–water partition coefficient (Wildman–Crippen LogP) is 3.03. The van der Waals surface area contributed by atoms with Gasteiger partial charge in [0.1, 0.15) is 6.07 Å². The number of nitrogens with zero attached hydrogens (tertiary/aromatic N) is 5. The molecule has 0 unspecified atom stereocenters. The van der Waals surface area contributed by atoms with Crippen molar-refractivity contribution in [3.05, 3.63) is 23.7 Å². The van der Waals surface area contributed by atoms with Crippen molar-refractivity contribution >= 4 is 23.5 Å². The first kappa shape index (κ1) is 19.0. The van der Waals surface area contributed by atoms with E-state index in [4.69, 9.17) is 5.26 Å². The zero-order chi connectivity index (χ0) is 20.6. The number of H-pyrrole nitrogens is 1. The lowest BCUT2D eigenvalue weighted by Gasteiger charge is -2.32. The van der Waals surface area contributed by atoms with Crippen LogP contribution in [-0.2, 0) is 0 Å². The van der Waals surface area contributed by atoms with Crippen molar-refractivity contribution < 1.29 is 9.90 Å². The fraction of sp³-hybridized carbons (Fsp3) is 0.526. The number of rotatable bonds is 6. The normalized spacial score (nSPS) is 22.0. The minimum atomic E-state index is -0.817. The van der Waals surface area contributed by atoms with Crippen LogP contribution in [-0.4, -0.2) is 54.9 Å². The Bertz CT molecular complexity index is 961. The second kappa shape index (κ2) is 7.24. The van der Waals surface area contributed by atoms with Crippen LogP contribution >= 0.6 is 0 Å². The Morgan fingerprint density at radius 2 is 2.21 bits per heavy atom. The van der Waals surface area contributed by atoms with Gasteiger partial charge in [-0.1, -0.05) is 0 Å². The minimum absolute atomic E-state index is 0.0484. The third-order valence-electron chi connectivity index (χ3n) is 5.94. The summed E-state index contributed by atoms with van der Waals surface area (Å²) in [7, 11) is 1.68. The summed E-state index contributed by atoms with van der Waals surface area (Å²) in [5.74, 6) is 1.73. The van der Waals surface area contributed by atoms with Gasteiger partial charge in [-0.2, -0.15) is 10.4 Å². The lowest BCUT2D eigenvalue weighted by Crippen LogP contribution is -2.45. The maximum Gasteiger partial charge on any atom is 0.408 e. The van der Waals surface area contributed by atoms with E-state index in [1.807, 2.05) is 19.1 Å². The smallest absolute Gasteiger partial charge is 0.408 e. The Labute approximate surface area is 168 Å². The summed E-state index contributed by atoms with van der Waals surface area (Å²) in [5.41, 5.74) is 1.02. The molecule has 4 rings (SSSR count). The predicted molar refractivity (Wildman–Crippen MR) is 106 cm³/mol. The van der Waals surface area contributed by atoms with Crippen molar-refractivity contribution in [3.8, 4) is 6.07 Å². The Kier molecular flexibility index (Phi) is 4.74. The first-order valence-corrected chi connectivity index (χ1v) is 9.73. The van der Waals surface area contributed by atoms with E-state index < -0.39 is 6.09 Å². The Balaban J connectivity index is 1.43. The zero-order valence-electron chi connectivity index (χ0n) is 16.4. The standard InChI is InChI=1S/C19H24N8O2/c1-19(5-6-19)27(18(28)29)12-4-3-11(7-12)13-8-15(26-25-13)23-16-10-22-14(9-20)17(21-2)24-16/h8,10-12H,3-7H2,1-2H3,(H,28,29)(H3,21,23,24,25,26)/t11-,12+/m0/s1. The summed E-state index contributed by atoms with van der Waals surface area (Å²) in [6, 6.07) is 3.96. The monoisotopic (exact) mass is 396 g/mol. The number of carboxylic acid groups (broad SMARTS) is 1. The van der Waals surface area contributed by atoms with Gasteiger partial charge >= 0.3 is 6.09 Å². The third-order valence-corrected chi connectivity index (χ3v) is 5.94.